The topological polar surface area (TPSA) is 32.7 Å². The molecule has 0 radical (unpaired) electrons. The zero-order chi connectivity index (χ0) is 21.9. The van der Waals surface area contributed by atoms with Crippen LogP contribution in [0.2, 0.25) is 0 Å². The molecule has 1 fully saturated rings. The van der Waals surface area contributed by atoms with E-state index in [0.29, 0.717) is 18.3 Å². The van der Waals surface area contributed by atoms with Gasteiger partial charge in [0, 0.05) is 18.2 Å². The zero-order valence-electron chi connectivity index (χ0n) is 18.5. The summed E-state index contributed by atoms with van der Waals surface area (Å²) in [6.07, 6.45) is 4.38. The fraction of sp³-hybridized carbons (Fsp3) is 0.310. The van der Waals surface area contributed by atoms with Crippen molar-refractivity contribution in [2.75, 3.05) is 19.7 Å². The van der Waals surface area contributed by atoms with E-state index in [1.165, 1.54) is 34.4 Å². The van der Waals surface area contributed by atoms with Crippen molar-refractivity contribution in [1.82, 2.24) is 4.90 Å². The number of ether oxygens (including phenoxy) is 1. The van der Waals surface area contributed by atoms with Gasteiger partial charge in [0.15, 0.2) is 0 Å². The number of hydrogen-bond acceptors (Lipinski definition) is 3. The van der Waals surface area contributed by atoms with Crippen LogP contribution in [-0.2, 0) is 6.42 Å². The molecule has 2 atom stereocenters. The zero-order valence-corrected chi connectivity index (χ0v) is 18.5. The van der Waals surface area contributed by atoms with E-state index in [9.17, 15) is 5.11 Å². The maximum Gasteiger partial charge on any atom is 0.119 e. The van der Waals surface area contributed by atoms with Crippen molar-refractivity contribution in [3.05, 3.63) is 107 Å². The highest BCUT2D eigenvalue weighted by Crippen LogP contribution is 2.47. The van der Waals surface area contributed by atoms with Crippen molar-refractivity contribution >= 4 is 0 Å². The molecule has 32 heavy (non-hydrogen) atoms. The average molecular weight is 426 g/mol. The van der Waals surface area contributed by atoms with Crippen molar-refractivity contribution < 1.29 is 9.84 Å². The molecular formula is C29H31NO2. The Morgan fingerprint density at radius 2 is 1.75 bits per heavy atom. The van der Waals surface area contributed by atoms with Crippen molar-refractivity contribution in [2.24, 2.45) is 0 Å². The molecular weight excluding hydrogens is 394 g/mol. The molecule has 2 aliphatic rings. The van der Waals surface area contributed by atoms with E-state index in [0.717, 1.165) is 38.1 Å². The molecule has 1 saturated heterocycles. The third kappa shape index (κ3) is 4.25. The van der Waals surface area contributed by atoms with Gasteiger partial charge in [-0.3, -0.25) is 0 Å². The van der Waals surface area contributed by atoms with Crippen LogP contribution in [0.5, 0.6) is 11.5 Å². The number of fused-ring (bicyclic) bond motifs is 1. The monoisotopic (exact) mass is 425 g/mol. The van der Waals surface area contributed by atoms with E-state index in [4.69, 9.17) is 4.74 Å². The lowest BCUT2D eigenvalue weighted by Gasteiger charge is -2.35. The summed E-state index contributed by atoms with van der Waals surface area (Å²) in [6, 6.07) is 25.3. The predicted molar refractivity (Wildman–Crippen MR) is 129 cm³/mol. The van der Waals surface area contributed by atoms with E-state index in [2.05, 4.69) is 72.1 Å². The smallest absolute Gasteiger partial charge is 0.119 e. The second-order valence-corrected chi connectivity index (χ2v) is 8.99. The largest absolute Gasteiger partial charge is 0.508 e. The van der Waals surface area contributed by atoms with Gasteiger partial charge in [-0.25, -0.2) is 0 Å². The summed E-state index contributed by atoms with van der Waals surface area (Å²) in [6.45, 7) is 6.81. The molecule has 1 aliphatic heterocycles. The van der Waals surface area contributed by atoms with Gasteiger partial charge in [0.2, 0.25) is 0 Å². The van der Waals surface area contributed by atoms with Gasteiger partial charge in [-0.2, -0.15) is 0 Å². The molecule has 0 aromatic heterocycles. The third-order valence-electron chi connectivity index (χ3n) is 7.03. The Labute approximate surface area is 191 Å². The minimum absolute atomic E-state index is 0.267. The Hall–Kier alpha value is -3.20. The number of phenolic OH excluding ortho intramolecular Hbond substituents is 1. The summed E-state index contributed by atoms with van der Waals surface area (Å²) >= 11 is 0. The van der Waals surface area contributed by atoms with Crippen LogP contribution in [0.3, 0.4) is 0 Å². The molecule has 1 aliphatic carbocycles. The number of benzene rings is 3. The Balaban J connectivity index is 1.37. The maximum absolute atomic E-state index is 10.0. The lowest BCUT2D eigenvalue weighted by Crippen LogP contribution is -2.23. The molecule has 3 aromatic rings. The van der Waals surface area contributed by atoms with E-state index >= 15 is 0 Å². The molecule has 3 heteroatoms. The highest BCUT2D eigenvalue weighted by molar-refractivity contribution is 5.48. The number of rotatable bonds is 6. The Morgan fingerprint density at radius 3 is 2.50 bits per heavy atom. The van der Waals surface area contributed by atoms with E-state index in [1.807, 2.05) is 12.1 Å². The van der Waals surface area contributed by atoms with Crippen molar-refractivity contribution in [1.29, 1.82) is 0 Å². The van der Waals surface area contributed by atoms with Crippen molar-refractivity contribution in [2.45, 2.75) is 37.5 Å². The highest BCUT2D eigenvalue weighted by Gasteiger charge is 2.32. The third-order valence-corrected chi connectivity index (χ3v) is 7.03. The van der Waals surface area contributed by atoms with E-state index in [-0.39, 0.29) is 5.92 Å². The van der Waals surface area contributed by atoms with Crippen LogP contribution in [-0.4, -0.2) is 29.7 Å². The SMILES string of the molecule is C=C1CCCN1CCOc1ccc([C@@H]2c3ccc(O)cc3CC[C@@H]2c2ccccc2)cc1. The summed E-state index contributed by atoms with van der Waals surface area (Å²) < 4.78 is 6.04. The number of aryl methyl sites for hydroxylation is 1. The minimum Gasteiger partial charge on any atom is -0.508 e. The molecule has 3 nitrogen and oxygen atoms in total. The van der Waals surface area contributed by atoms with Gasteiger partial charge in [-0.05, 0) is 78.1 Å². The standard InChI is InChI=1S/C29H31NO2/c1-21-6-5-17-30(21)18-19-32-26-13-9-23(10-14-26)29-27(22-7-3-2-4-8-22)15-11-24-20-25(31)12-16-28(24)29/h2-4,7-10,12-14,16,20,27,29,31H,1,5-6,11,15,17-19H2/t27-,29+/m1/s1. The average Bonchev–Trinajstić information content (AvgIpc) is 3.24. The second-order valence-electron chi connectivity index (χ2n) is 8.99. The molecule has 0 amide bonds. The number of hydrogen-bond donors (Lipinski definition) is 1. The quantitative estimate of drug-likeness (QED) is 0.507. The van der Waals surface area contributed by atoms with Gasteiger partial charge in [-0.1, -0.05) is 55.1 Å². The van der Waals surface area contributed by atoms with Gasteiger partial charge in [0.05, 0.1) is 6.54 Å². The molecule has 1 N–H and O–H groups in total. The van der Waals surface area contributed by atoms with Gasteiger partial charge in [0.1, 0.15) is 18.1 Å². The molecule has 0 bridgehead atoms. The molecule has 0 saturated carbocycles. The van der Waals surface area contributed by atoms with Crippen LogP contribution >= 0.6 is 0 Å². The first-order valence-electron chi connectivity index (χ1n) is 11.7. The van der Waals surface area contributed by atoms with Crippen LogP contribution in [0.25, 0.3) is 0 Å². The summed E-state index contributed by atoms with van der Waals surface area (Å²) in [7, 11) is 0. The summed E-state index contributed by atoms with van der Waals surface area (Å²) in [4.78, 5) is 2.33. The lowest BCUT2D eigenvalue weighted by atomic mass is 9.69. The Bertz CT molecular complexity index is 1070. The molecule has 0 spiro atoms. The first-order valence-corrected chi connectivity index (χ1v) is 11.7. The van der Waals surface area contributed by atoms with Gasteiger partial charge in [-0.15, -0.1) is 0 Å². The molecule has 5 rings (SSSR count). The molecule has 0 unspecified atom stereocenters. The summed E-state index contributed by atoms with van der Waals surface area (Å²) in [5, 5.41) is 10.0. The number of aromatic hydroxyl groups is 1. The van der Waals surface area contributed by atoms with Crippen molar-refractivity contribution in [3.63, 3.8) is 0 Å². The molecule has 3 aromatic carbocycles. The fourth-order valence-corrected chi connectivity index (χ4v) is 5.38. The van der Waals surface area contributed by atoms with Crippen LogP contribution in [0.15, 0.2) is 85.1 Å². The van der Waals surface area contributed by atoms with Gasteiger partial charge in [0.25, 0.3) is 0 Å². The van der Waals surface area contributed by atoms with Gasteiger partial charge >= 0.3 is 0 Å². The van der Waals surface area contributed by atoms with E-state index < -0.39 is 0 Å². The first kappa shape index (κ1) is 20.7. The number of allylic oxidation sites excluding steroid dienone is 1. The first-order chi connectivity index (χ1) is 15.7. The second kappa shape index (κ2) is 9.12. The van der Waals surface area contributed by atoms with Crippen LogP contribution in [0, 0.1) is 0 Å². The normalized spacial score (nSPS) is 20.2. The van der Waals surface area contributed by atoms with Crippen LogP contribution < -0.4 is 4.74 Å². The number of phenols is 1. The lowest BCUT2D eigenvalue weighted by molar-refractivity contribution is 0.258. The number of likely N-dealkylation sites (tertiary alicyclic amines) is 1. The number of nitrogens with zero attached hydrogens (tertiary/aromatic N) is 1. The Morgan fingerprint density at radius 1 is 0.938 bits per heavy atom. The van der Waals surface area contributed by atoms with Crippen molar-refractivity contribution in [3.8, 4) is 11.5 Å². The molecule has 164 valence electrons. The molecule has 1 heterocycles. The predicted octanol–water partition coefficient (Wildman–Crippen LogP) is 6.24. The Kier molecular flexibility index (Phi) is 5.89. The highest BCUT2D eigenvalue weighted by atomic mass is 16.5. The van der Waals surface area contributed by atoms with E-state index in [1.54, 1.807) is 0 Å². The van der Waals surface area contributed by atoms with Gasteiger partial charge < -0.3 is 14.7 Å². The maximum atomic E-state index is 10.0. The summed E-state index contributed by atoms with van der Waals surface area (Å²) in [5.74, 6) is 1.95. The van der Waals surface area contributed by atoms with Crippen LogP contribution in [0.1, 0.15) is 53.4 Å². The van der Waals surface area contributed by atoms with Crippen LogP contribution in [0.4, 0.5) is 0 Å². The fourth-order valence-electron chi connectivity index (χ4n) is 5.38. The summed E-state index contributed by atoms with van der Waals surface area (Å²) in [5.41, 5.74) is 6.49. The minimum atomic E-state index is 0.267.